The SMILES string of the molecule is CCC1(CNc2ccc(C(F)(F)F)cc2N)CCCC1. The van der Waals surface area contributed by atoms with E-state index in [-0.39, 0.29) is 11.1 Å². The van der Waals surface area contributed by atoms with E-state index in [4.69, 9.17) is 5.73 Å². The summed E-state index contributed by atoms with van der Waals surface area (Å²) in [4.78, 5) is 0. The van der Waals surface area contributed by atoms with E-state index in [1.165, 1.54) is 31.7 Å². The fraction of sp³-hybridized carbons (Fsp3) is 0.600. The number of hydrogen-bond acceptors (Lipinski definition) is 2. The van der Waals surface area contributed by atoms with Gasteiger partial charge in [-0.3, -0.25) is 0 Å². The molecule has 0 heterocycles. The van der Waals surface area contributed by atoms with Gasteiger partial charge in [0.25, 0.3) is 0 Å². The fourth-order valence-electron chi connectivity index (χ4n) is 2.96. The first-order valence-electron chi connectivity index (χ1n) is 7.07. The van der Waals surface area contributed by atoms with Crippen LogP contribution in [0.2, 0.25) is 0 Å². The van der Waals surface area contributed by atoms with E-state index in [0.717, 1.165) is 25.1 Å². The first-order chi connectivity index (χ1) is 9.36. The molecule has 1 aromatic carbocycles. The molecule has 2 rings (SSSR count). The molecule has 0 aliphatic heterocycles. The third-order valence-electron chi connectivity index (χ3n) is 4.45. The van der Waals surface area contributed by atoms with Crippen LogP contribution in [0.15, 0.2) is 18.2 Å². The third-order valence-corrected chi connectivity index (χ3v) is 4.45. The highest BCUT2D eigenvalue weighted by atomic mass is 19.4. The topological polar surface area (TPSA) is 38.0 Å². The first-order valence-corrected chi connectivity index (χ1v) is 7.07. The van der Waals surface area contributed by atoms with Crippen LogP contribution in [-0.2, 0) is 6.18 Å². The van der Waals surface area contributed by atoms with Crippen molar-refractivity contribution in [3.8, 4) is 0 Å². The Bertz CT molecular complexity index is 463. The van der Waals surface area contributed by atoms with Crippen molar-refractivity contribution in [2.24, 2.45) is 5.41 Å². The smallest absolute Gasteiger partial charge is 0.397 e. The molecule has 2 nitrogen and oxygen atoms in total. The van der Waals surface area contributed by atoms with E-state index >= 15 is 0 Å². The van der Waals surface area contributed by atoms with Crippen LogP contribution in [0.25, 0.3) is 0 Å². The van der Waals surface area contributed by atoms with Gasteiger partial charge in [-0.2, -0.15) is 13.2 Å². The number of hydrogen-bond donors (Lipinski definition) is 2. The Labute approximate surface area is 117 Å². The molecule has 0 atom stereocenters. The van der Waals surface area contributed by atoms with E-state index in [2.05, 4.69) is 12.2 Å². The largest absolute Gasteiger partial charge is 0.416 e. The molecule has 5 heteroatoms. The Kier molecular flexibility index (Phi) is 4.16. The predicted molar refractivity (Wildman–Crippen MR) is 75.5 cm³/mol. The molecule has 1 aliphatic rings. The quantitative estimate of drug-likeness (QED) is 0.789. The molecule has 1 saturated carbocycles. The minimum Gasteiger partial charge on any atom is -0.397 e. The summed E-state index contributed by atoms with van der Waals surface area (Å²) in [6, 6.07) is 3.50. The molecule has 0 unspecified atom stereocenters. The molecular weight excluding hydrogens is 265 g/mol. The maximum Gasteiger partial charge on any atom is 0.416 e. The van der Waals surface area contributed by atoms with Gasteiger partial charge in [-0.25, -0.2) is 0 Å². The van der Waals surface area contributed by atoms with Crippen molar-refractivity contribution >= 4 is 11.4 Å². The van der Waals surface area contributed by atoms with Gasteiger partial charge in [0.1, 0.15) is 0 Å². The van der Waals surface area contributed by atoms with Gasteiger partial charge in [0.15, 0.2) is 0 Å². The number of nitrogens with one attached hydrogen (secondary N) is 1. The lowest BCUT2D eigenvalue weighted by Gasteiger charge is -2.28. The maximum atomic E-state index is 12.6. The van der Waals surface area contributed by atoms with Crippen LogP contribution in [-0.4, -0.2) is 6.54 Å². The normalized spacial score (nSPS) is 18.2. The van der Waals surface area contributed by atoms with Crippen LogP contribution < -0.4 is 11.1 Å². The van der Waals surface area contributed by atoms with Crippen molar-refractivity contribution in [1.29, 1.82) is 0 Å². The molecule has 0 spiro atoms. The first kappa shape index (κ1) is 15.0. The van der Waals surface area contributed by atoms with E-state index in [0.29, 0.717) is 5.69 Å². The number of benzene rings is 1. The number of halogens is 3. The highest BCUT2D eigenvalue weighted by Gasteiger charge is 2.33. The molecule has 1 aliphatic carbocycles. The van der Waals surface area contributed by atoms with E-state index < -0.39 is 11.7 Å². The number of nitrogens with two attached hydrogens (primary N) is 1. The summed E-state index contributed by atoms with van der Waals surface area (Å²) < 4.78 is 37.7. The minimum absolute atomic E-state index is 0.157. The maximum absolute atomic E-state index is 12.6. The van der Waals surface area contributed by atoms with Crippen LogP contribution in [0.1, 0.15) is 44.6 Å². The number of nitrogen functional groups attached to an aromatic ring is 1. The highest BCUT2D eigenvalue weighted by molar-refractivity contribution is 5.67. The second kappa shape index (κ2) is 5.54. The molecule has 0 aromatic heterocycles. The molecule has 1 fully saturated rings. The molecule has 0 bridgehead atoms. The van der Waals surface area contributed by atoms with Gasteiger partial charge >= 0.3 is 6.18 Å². The van der Waals surface area contributed by atoms with E-state index in [1.54, 1.807) is 0 Å². The Morgan fingerprint density at radius 3 is 2.40 bits per heavy atom. The lowest BCUT2D eigenvalue weighted by Crippen LogP contribution is -2.26. The Morgan fingerprint density at radius 2 is 1.90 bits per heavy atom. The van der Waals surface area contributed by atoms with E-state index in [1.807, 2.05) is 0 Å². The van der Waals surface area contributed by atoms with Gasteiger partial charge in [0.05, 0.1) is 16.9 Å². The standard InChI is InChI=1S/C15H21F3N2/c1-2-14(7-3-4-8-14)10-20-13-6-5-11(9-12(13)19)15(16,17)18/h5-6,9,20H,2-4,7-8,10,19H2,1H3. The molecule has 3 N–H and O–H groups in total. The summed E-state index contributed by atoms with van der Waals surface area (Å²) in [5.41, 5.74) is 6.05. The summed E-state index contributed by atoms with van der Waals surface area (Å²) in [5.74, 6) is 0. The fourth-order valence-corrected chi connectivity index (χ4v) is 2.96. The predicted octanol–water partition coefficient (Wildman–Crippen LogP) is 4.67. The number of anilines is 2. The van der Waals surface area contributed by atoms with Crippen molar-refractivity contribution in [3.05, 3.63) is 23.8 Å². The zero-order chi connectivity index (χ0) is 14.8. The van der Waals surface area contributed by atoms with Crippen molar-refractivity contribution in [2.45, 2.75) is 45.2 Å². The van der Waals surface area contributed by atoms with Crippen LogP contribution in [0.4, 0.5) is 24.5 Å². The summed E-state index contributed by atoms with van der Waals surface area (Å²) in [6.45, 7) is 2.95. The summed E-state index contributed by atoms with van der Waals surface area (Å²) in [6.07, 6.45) is 1.56. The van der Waals surface area contributed by atoms with Crippen LogP contribution in [0, 0.1) is 5.41 Å². The van der Waals surface area contributed by atoms with Crippen molar-refractivity contribution < 1.29 is 13.2 Å². The molecule has 20 heavy (non-hydrogen) atoms. The molecular formula is C15H21F3N2. The van der Waals surface area contributed by atoms with Gasteiger partial charge in [-0.15, -0.1) is 0 Å². The van der Waals surface area contributed by atoms with Gasteiger partial charge < -0.3 is 11.1 Å². The second-order valence-electron chi connectivity index (χ2n) is 5.71. The van der Waals surface area contributed by atoms with Crippen molar-refractivity contribution in [1.82, 2.24) is 0 Å². The average Bonchev–Trinajstić information content (AvgIpc) is 2.85. The van der Waals surface area contributed by atoms with Crippen LogP contribution in [0.5, 0.6) is 0 Å². The molecule has 0 amide bonds. The van der Waals surface area contributed by atoms with Gasteiger partial charge in [-0.05, 0) is 42.9 Å². The second-order valence-corrected chi connectivity index (χ2v) is 5.71. The zero-order valence-electron chi connectivity index (χ0n) is 11.7. The molecule has 0 radical (unpaired) electrons. The summed E-state index contributed by atoms with van der Waals surface area (Å²) >= 11 is 0. The summed E-state index contributed by atoms with van der Waals surface area (Å²) in [7, 11) is 0. The number of rotatable bonds is 4. The lowest BCUT2D eigenvalue weighted by molar-refractivity contribution is -0.137. The third kappa shape index (κ3) is 3.19. The number of alkyl halides is 3. The van der Waals surface area contributed by atoms with Crippen LogP contribution >= 0.6 is 0 Å². The monoisotopic (exact) mass is 286 g/mol. The molecule has 112 valence electrons. The van der Waals surface area contributed by atoms with E-state index in [9.17, 15) is 13.2 Å². The zero-order valence-corrected chi connectivity index (χ0v) is 11.7. The Morgan fingerprint density at radius 1 is 1.25 bits per heavy atom. The van der Waals surface area contributed by atoms with Gasteiger partial charge in [0, 0.05) is 6.54 Å². The Hall–Kier alpha value is -1.39. The highest BCUT2D eigenvalue weighted by Crippen LogP contribution is 2.41. The van der Waals surface area contributed by atoms with Gasteiger partial charge in [0.2, 0.25) is 0 Å². The van der Waals surface area contributed by atoms with Crippen LogP contribution in [0.3, 0.4) is 0 Å². The molecule has 1 aromatic rings. The summed E-state index contributed by atoms with van der Waals surface area (Å²) in [5, 5.41) is 3.23. The Balaban J connectivity index is 2.07. The van der Waals surface area contributed by atoms with Gasteiger partial charge in [-0.1, -0.05) is 19.8 Å². The molecule has 0 saturated heterocycles. The average molecular weight is 286 g/mol. The van der Waals surface area contributed by atoms with Crippen molar-refractivity contribution in [3.63, 3.8) is 0 Å². The minimum atomic E-state index is -4.34. The lowest BCUT2D eigenvalue weighted by atomic mass is 9.83. The van der Waals surface area contributed by atoms with Crippen molar-refractivity contribution in [2.75, 3.05) is 17.6 Å².